The number of hydrogen-bond donors (Lipinski definition) is 1. The van der Waals surface area contributed by atoms with Crippen LogP contribution < -0.4 is 0 Å². The smallest absolute Gasteiger partial charge is 0.247 e. The molecule has 0 aliphatic carbocycles. The molecule has 96 valence electrons. The molecular weight excluding hydrogens is 220 g/mol. The zero-order valence-electron chi connectivity index (χ0n) is 10.8. The second-order valence-corrected chi connectivity index (χ2v) is 4.72. The molecule has 1 rings (SSSR count). The van der Waals surface area contributed by atoms with E-state index >= 15 is 0 Å². The summed E-state index contributed by atoms with van der Waals surface area (Å²) < 4.78 is 1.51. The van der Waals surface area contributed by atoms with Crippen LogP contribution in [0.15, 0.2) is 12.7 Å². The van der Waals surface area contributed by atoms with E-state index in [1.54, 1.807) is 25.7 Å². The van der Waals surface area contributed by atoms with Gasteiger partial charge in [0.25, 0.3) is 0 Å². The SMILES string of the molecule is CCN(CC(C)(C)O)C(=O)C(C)n1cncn1. The lowest BCUT2D eigenvalue weighted by Crippen LogP contribution is -2.44. The van der Waals surface area contributed by atoms with Crippen LogP contribution in [0.1, 0.15) is 33.7 Å². The summed E-state index contributed by atoms with van der Waals surface area (Å²) in [6.07, 6.45) is 2.91. The molecule has 6 heteroatoms. The van der Waals surface area contributed by atoms with E-state index in [2.05, 4.69) is 10.1 Å². The fourth-order valence-electron chi connectivity index (χ4n) is 1.61. The molecule has 17 heavy (non-hydrogen) atoms. The van der Waals surface area contributed by atoms with Gasteiger partial charge in [0, 0.05) is 13.1 Å². The van der Waals surface area contributed by atoms with Gasteiger partial charge in [-0.1, -0.05) is 0 Å². The highest BCUT2D eigenvalue weighted by atomic mass is 16.3. The molecule has 0 aliphatic rings. The van der Waals surface area contributed by atoms with E-state index < -0.39 is 11.6 Å². The summed E-state index contributed by atoms with van der Waals surface area (Å²) in [5.74, 6) is -0.0693. The molecule has 1 heterocycles. The average Bonchev–Trinajstić information content (AvgIpc) is 2.75. The van der Waals surface area contributed by atoms with Crippen molar-refractivity contribution < 1.29 is 9.90 Å². The van der Waals surface area contributed by atoms with Crippen molar-refractivity contribution in [2.45, 2.75) is 39.3 Å². The molecule has 0 fully saturated rings. The maximum absolute atomic E-state index is 12.2. The quantitative estimate of drug-likeness (QED) is 0.811. The van der Waals surface area contributed by atoms with Crippen molar-refractivity contribution in [1.82, 2.24) is 19.7 Å². The third kappa shape index (κ3) is 3.81. The molecule has 0 bridgehead atoms. The van der Waals surface area contributed by atoms with Crippen LogP contribution in [0.3, 0.4) is 0 Å². The molecule has 1 amide bonds. The Kier molecular flexibility index (Phi) is 4.22. The Balaban J connectivity index is 2.73. The molecule has 1 atom stereocenters. The number of carbonyl (C=O) groups is 1. The van der Waals surface area contributed by atoms with Gasteiger partial charge in [-0.3, -0.25) is 4.79 Å². The van der Waals surface area contributed by atoms with Crippen molar-refractivity contribution in [2.24, 2.45) is 0 Å². The molecule has 0 saturated carbocycles. The Bertz CT molecular complexity index is 356. The zero-order valence-corrected chi connectivity index (χ0v) is 10.8. The first-order chi connectivity index (χ1) is 7.85. The topological polar surface area (TPSA) is 71.2 Å². The second-order valence-electron chi connectivity index (χ2n) is 4.72. The van der Waals surface area contributed by atoms with Crippen molar-refractivity contribution in [3.8, 4) is 0 Å². The molecule has 1 aromatic heterocycles. The van der Waals surface area contributed by atoms with Gasteiger partial charge in [-0.2, -0.15) is 5.10 Å². The van der Waals surface area contributed by atoms with Gasteiger partial charge in [-0.15, -0.1) is 0 Å². The largest absolute Gasteiger partial charge is 0.389 e. The summed E-state index contributed by atoms with van der Waals surface area (Å²) in [6.45, 7) is 7.89. The molecular formula is C11H20N4O2. The van der Waals surface area contributed by atoms with E-state index in [9.17, 15) is 9.90 Å². The minimum atomic E-state index is -0.895. The lowest BCUT2D eigenvalue weighted by molar-refractivity contribution is -0.137. The fourth-order valence-corrected chi connectivity index (χ4v) is 1.61. The van der Waals surface area contributed by atoms with Gasteiger partial charge in [0.05, 0.1) is 5.60 Å². The summed E-state index contributed by atoms with van der Waals surface area (Å²) in [7, 11) is 0. The van der Waals surface area contributed by atoms with Crippen molar-refractivity contribution in [1.29, 1.82) is 0 Å². The molecule has 0 aromatic carbocycles. The van der Waals surface area contributed by atoms with E-state index in [-0.39, 0.29) is 5.91 Å². The molecule has 6 nitrogen and oxygen atoms in total. The second kappa shape index (κ2) is 5.27. The number of aromatic nitrogens is 3. The highest BCUT2D eigenvalue weighted by Crippen LogP contribution is 2.11. The van der Waals surface area contributed by atoms with E-state index in [0.29, 0.717) is 13.1 Å². The number of likely N-dealkylation sites (N-methyl/N-ethyl adjacent to an activating group) is 1. The Morgan fingerprint density at radius 1 is 1.59 bits per heavy atom. The fraction of sp³-hybridized carbons (Fsp3) is 0.727. The van der Waals surface area contributed by atoms with E-state index in [0.717, 1.165) is 0 Å². The minimum absolute atomic E-state index is 0.0693. The molecule has 0 radical (unpaired) electrons. The highest BCUT2D eigenvalue weighted by molar-refractivity contribution is 5.80. The van der Waals surface area contributed by atoms with Crippen LogP contribution in [0.2, 0.25) is 0 Å². The van der Waals surface area contributed by atoms with Crippen LogP contribution in [0.5, 0.6) is 0 Å². The first-order valence-corrected chi connectivity index (χ1v) is 5.70. The van der Waals surface area contributed by atoms with Crippen LogP contribution in [0.4, 0.5) is 0 Å². The van der Waals surface area contributed by atoms with Crippen LogP contribution in [0.25, 0.3) is 0 Å². The summed E-state index contributed by atoms with van der Waals surface area (Å²) in [5.41, 5.74) is -0.895. The predicted molar refractivity (Wildman–Crippen MR) is 63.3 cm³/mol. The van der Waals surface area contributed by atoms with Crippen molar-refractivity contribution in [3.05, 3.63) is 12.7 Å². The van der Waals surface area contributed by atoms with E-state index in [1.807, 2.05) is 6.92 Å². The normalized spacial score (nSPS) is 13.5. The predicted octanol–water partition coefficient (Wildman–Crippen LogP) is 0.458. The molecule has 1 unspecified atom stereocenters. The molecule has 0 saturated heterocycles. The molecule has 1 N–H and O–H groups in total. The maximum atomic E-state index is 12.2. The van der Waals surface area contributed by atoms with Crippen LogP contribution in [0, 0.1) is 0 Å². The van der Waals surface area contributed by atoms with Crippen LogP contribution in [-0.4, -0.2) is 49.4 Å². The van der Waals surface area contributed by atoms with Gasteiger partial charge in [-0.25, -0.2) is 9.67 Å². The van der Waals surface area contributed by atoms with Crippen LogP contribution >= 0.6 is 0 Å². The number of hydrogen-bond acceptors (Lipinski definition) is 4. The monoisotopic (exact) mass is 240 g/mol. The maximum Gasteiger partial charge on any atom is 0.247 e. The van der Waals surface area contributed by atoms with Crippen molar-refractivity contribution in [3.63, 3.8) is 0 Å². The van der Waals surface area contributed by atoms with Crippen molar-refractivity contribution in [2.75, 3.05) is 13.1 Å². The third-order valence-electron chi connectivity index (χ3n) is 2.46. The number of carbonyl (C=O) groups excluding carboxylic acids is 1. The summed E-state index contributed by atoms with van der Waals surface area (Å²) >= 11 is 0. The van der Waals surface area contributed by atoms with E-state index in [1.165, 1.54) is 17.3 Å². The molecule has 1 aromatic rings. The van der Waals surface area contributed by atoms with Crippen molar-refractivity contribution >= 4 is 5.91 Å². The molecule has 0 spiro atoms. The van der Waals surface area contributed by atoms with Gasteiger partial charge >= 0.3 is 0 Å². The van der Waals surface area contributed by atoms with Gasteiger partial charge in [0.1, 0.15) is 18.7 Å². The van der Waals surface area contributed by atoms with Gasteiger partial charge in [-0.05, 0) is 27.7 Å². The Hall–Kier alpha value is -1.43. The summed E-state index contributed by atoms with van der Waals surface area (Å²) in [6, 6.07) is -0.403. The standard InChI is InChI=1S/C11H20N4O2/c1-5-14(6-11(3,4)17)10(16)9(2)15-8-12-7-13-15/h7-9,17H,5-6H2,1-4H3. The third-order valence-corrected chi connectivity index (χ3v) is 2.46. The van der Waals surface area contributed by atoms with Gasteiger partial charge in [0.15, 0.2) is 0 Å². The number of rotatable bonds is 5. The Morgan fingerprint density at radius 3 is 2.65 bits per heavy atom. The van der Waals surface area contributed by atoms with Gasteiger partial charge in [0.2, 0.25) is 5.91 Å². The minimum Gasteiger partial charge on any atom is -0.389 e. The first kappa shape index (κ1) is 13.6. The zero-order chi connectivity index (χ0) is 13.1. The van der Waals surface area contributed by atoms with Gasteiger partial charge < -0.3 is 10.0 Å². The average molecular weight is 240 g/mol. The Morgan fingerprint density at radius 2 is 2.24 bits per heavy atom. The highest BCUT2D eigenvalue weighted by Gasteiger charge is 2.25. The lowest BCUT2D eigenvalue weighted by Gasteiger charge is -2.30. The summed E-state index contributed by atoms with van der Waals surface area (Å²) in [5, 5.41) is 13.7. The lowest BCUT2D eigenvalue weighted by atomic mass is 10.1. The first-order valence-electron chi connectivity index (χ1n) is 5.70. The number of nitrogens with zero attached hydrogens (tertiary/aromatic N) is 4. The van der Waals surface area contributed by atoms with E-state index in [4.69, 9.17) is 0 Å². The van der Waals surface area contributed by atoms with Crippen LogP contribution in [-0.2, 0) is 4.79 Å². The number of aliphatic hydroxyl groups is 1. The molecule has 0 aliphatic heterocycles. The Labute approximate surface area is 101 Å². The summed E-state index contributed by atoms with van der Waals surface area (Å²) in [4.78, 5) is 17.6. The number of amides is 1.